The van der Waals surface area contributed by atoms with E-state index in [0.29, 0.717) is 6.16 Å². The van der Waals surface area contributed by atoms with Crippen molar-refractivity contribution in [1.82, 2.24) is 0 Å². The third-order valence-corrected chi connectivity index (χ3v) is 21.1. The van der Waals surface area contributed by atoms with E-state index < -0.39 is 23.5 Å². The highest BCUT2D eigenvalue weighted by Gasteiger charge is 2.48. The zero-order valence-electron chi connectivity index (χ0n) is 25.2. The van der Waals surface area contributed by atoms with Gasteiger partial charge >= 0.3 is 0 Å². The van der Waals surface area contributed by atoms with Crippen LogP contribution in [0, 0.1) is 0 Å². The number of hydrogen-bond donors (Lipinski definition) is 0. The Morgan fingerprint density at radius 2 is 1.05 bits per heavy atom. The summed E-state index contributed by atoms with van der Waals surface area (Å²) in [7, 11) is -7.47. The fraction of sp³-hybridized carbons (Fsp3) is 0.314. The molecule has 2 nitrogen and oxygen atoms in total. The third-order valence-electron chi connectivity index (χ3n) is 8.97. The molecule has 4 aromatic rings. The molecule has 210 valence electrons. The maximum absolute atomic E-state index is 15.6. The molecular formula is C35H45O2PSi2. The van der Waals surface area contributed by atoms with Crippen molar-refractivity contribution in [2.24, 2.45) is 0 Å². The minimum atomic E-state index is -3.01. The lowest BCUT2D eigenvalue weighted by molar-refractivity contribution is 0.178. The molecule has 0 amide bonds. The molecule has 2 atom stereocenters. The summed E-state index contributed by atoms with van der Waals surface area (Å²) in [6.07, 6.45) is 0.397. The first-order valence-corrected chi connectivity index (χ1v) is 22.2. The second-order valence-corrected chi connectivity index (χ2v) is 25.4. The van der Waals surface area contributed by atoms with Gasteiger partial charge in [0.2, 0.25) is 0 Å². The van der Waals surface area contributed by atoms with Crippen LogP contribution < -0.4 is 15.8 Å². The first-order valence-electron chi connectivity index (χ1n) is 14.3. The van der Waals surface area contributed by atoms with Gasteiger partial charge in [0.25, 0.3) is 0 Å². The highest BCUT2D eigenvalue weighted by molar-refractivity contribution is 7.78. The summed E-state index contributed by atoms with van der Waals surface area (Å²) in [5, 5.41) is 3.25. The largest absolute Gasteiger partial charge is 0.410 e. The van der Waals surface area contributed by atoms with Gasteiger partial charge in [-0.25, -0.2) is 0 Å². The minimum Gasteiger partial charge on any atom is -0.410 e. The Morgan fingerprint density at radius 3 is 1.48 bits per heavy atom. The molecule has 0 bridgehead atoms. The first-order chi connectivity index (χ1) is 18.9. The van der Waals surface area contributed by atoms with Crippen LogP contribution in [0.2, 0.25) is 36.8 Å². The van der Waals surface area contributed by atoms with Crippen molar-refractivity contribution in [3.63, 3.8) is 0 Å². The monoisotopic (exact) mass is 584 g/mol. The molecule has 40 heavy (non-hydrogen) atoms. The van der Waals surface area contributed by atoms with Crippen LogP contribution in [0.3, 0.4) is 0 Å². The van der Waals surface area contributed by atoms with Crippen LogP contribution >= 0.6 is 7.14 Å². The van der Waals surface area contributed by atoms with Crippen LogP contribution in [0.15, 0.2) is 121 Å². The topological polar surface area (TPSA) is 26.3 Å². The molecule has 0 radical (unpaired) electrons. The van der Waals surface area contributed by atoms with Gasteiger partial charge in [-0.15, -0.1) is 0 Å². The molecule has 0 fully saturated rings. The van der Waals surface area contributed by atoms with Gasteiger partial charge in [0, 0.05) is 16.8 Å². The van der Waals surface area contributed by atoms with Crippen molar-refractivity contribution in [2.45, 2.75) is 63.6 Å². The Morgan fingerprint density at radius 1 is 0.650 bits per heavy atom. The predicted octanol–water partition coefficient (Wildman–Crippen LogP) is 8.75. The summed E-state index contributed by atoms with van der Waals surface area (Å²) in [4.78, 5) is 0. The van der Waals surface area contributed by atoms with E-state index in [9.17, 15) is 0 Å². The van der Waals surface area contributed by atoms with Gasteiger partial charge < -0.3 is 8.99 Å². The first kappa shape index (κ1) is 30.5. The standard InChI is InChI=1S/C35H45O2PSi2/c1-35(2,3)40(6,7)37-34(29-20-12-8-13-21-29)33(39(4,5)32-26-18-11-19-27-32)28-38(36,30-22-14-9-15-23-30)31-24-16-10-17-25-31/h8-27,33-34H,28H2,1-7H3/t33-,34-/m1/s1. The molecule has 0 unspecified atom stereocenters. The van der Waals surface area contributed by atoms with Gasteiger partial charge in [0.1, 0.15) is 7.14 Å². The van der Waals surface area contributed by atoms with E-state index in [1.54, 1.807) is 0 Å². The van der Waals surface area contributed by atoms with E-state index in [2.05, 4.69) is 108 Å². The predicted molar refractivity (Wildman–Crippen MR) is 179 cm³/mol. The molecule has 0 aromatic heterocycles. The van der Waals surface area contributed by atoms with E-state index in [-0.39, 0.29) is 16.7 Å². The Kier molecular flexibility index (Phi) is 9.26. The Bertz CT molecular complexity index is 1360. The smallest absolute Gasteiger partial charge is 0.192 e. The van der Waals surface area contributed by atoms with Crippen LogP contribution in [-0.2, 0) is 8.99 Å². The van der Waals surface area contributed by atoms with Crippen LogP contribution in [0.5, 0.6) is 0 Å². The van der Waals surface area contributed by atoms with Crippen LogP contribution in [0.25, 0.3) is 0 Å². The van der Waals surface area contributed by atoms with E-state index in [1.165, 1.54) is 10.8 Å². The van der Waals surface area contributed by atoms with Crippen LogP contribution in [-0.4, -0.2) is 22.6 Å². The highest BCUT2D eigenvalue weighted by atomic mass is 31.2. The molecule has 0 spiro atoms. The quantitative estimate of drug-likeness (QED) is 0.138. The number of hydrogen-bond acceptors (Lipinski definition) is 2. The molecular weight excluding hydrogens is 540 g/mol. The molecule has 0 aliphatic heterocycles. The zero-order valence-corrected chi connectivity index (χ0v) is 28.1. The normalized spacial score (nSPS) is 14.5. The van der Waals surface area contributed by atoms with Crippen molar-refractivity contribution >= 4 is 39.3 Å². The molecule has 0 heterocycles. The molecule has 0 aliphatic rings. The van der Waals surface area contributed by atoms with Gasteiger partial charge in [0.15, 0.2) is 8.32 Å². The third kappa shape index (κ3) is 6.52. The fourth-order valence-corrected chi connectivity index (χ4v) is 14.6. The fourth-order valence-electron chi connectivity index (χ4n) is 5.28. The van der Waals surface area contributed by atoms with Crippen molar-refractivity contribution < 1.29 is 8.99 Å². The minimum absolute atomic E-state index is 0.0472. The molecule has 0 saturated heterocycles. The van der Waals surface area contributed by atoms with Crippen molar-refractivity contribution in [1.29, 1.82) is 0 Å². The summed E-state index contributed by atoms with van der Waals surface area (Å²) in [5.74, 6) is 0. The SMILES string of the molecule is CC(C)(C)[Si](C)(C)O[C@H](c1ccccc1)[C@@H](CP(=O)(c1ccccc1)c1ccccc1)[Si](C)(C)c1ccccc1. The van der Waals surface area contributed by atoms with E-state index >= 15 is 4.57 Å². The van der Waals surface area contributed by atoms with E-state index in [4.69, 9.17) is 4.43 Å². The van der Waals surface area contributed by atoms with Crippen molar-refractivity contribution in [3.05, 3.63) is 127 Å². The molecule has 4 aromatic carbocycles. The van der Waals surface area contributed by atoms with E-state index in [0.717, 1.165) is 10.6 Å². The summed E-state index contributed by atoms with van der Waals surface area (Å²) in [5.41, 5.74) is 1.25. The van der Waals surface area contributed by atoms with Crippen LogP contribution in [0.1, 0.15) is 32.4 Å². The lowest BCUT2D eigenvalue weighted by Crippen LogP contribution is -2.52. The van der Waals surface area contributed by atoms with Crippen molar-refractivity contribution in [3.8, 4) is 0 Å². The highest BCUT2D eigenvalue weighted by Crippen LogP contribution is 2.54. The van der Waals surface area contributed by atoms with Crippen molar-refractivity contribution in [2.75, 3.05) is 6.16 Å². The summed E-state index contributed by atoms with van der Waals surface area (Å²) in [6, 6.07) is 41.9. The zero-order chi connectivity index (χ0) is 29.0. The molecule has 4 rings (SSSR count). The second kappa shape index (κ2) is 12.2. The van der Waals surface area contributed by atoms with Gasteiger partial charge in [-0.1, -0.05) is 160 Å². The van der Waals surface area contributed by atoms with Gasteiger partial charge in [0.05, 0.1) is 14.2 Å². The maximum atomic E-state index is 15.6. The lowest BCUT2D eigenvalue weighted by atomic mass is 10.1. The Hall–Kier alpha value is -2.50. The maximum Gasteiger partial charge on any atom is 0.192 e. The van der Waals surface area contributed by atoms with Gasteiger partial charge in [-0.05, 0) is 29.2 Å². The number of rotatable bonds is 10. The van der Waals surface area contributed by atoms with E-state index in [1.807, 2.05) is 60.7 Å². The Labute approximate surface area is 244 Å². The molecule has 0 N–H and O–H groups in total. The van der Waals surface area contributed by atoms with Gasteiger partial charge in [-0.2, -0.15) is 0 Å². The Balaban J connectivity index is 1.97. The molecule has 5 heteroatoms. The summed E-state index contributed by atoms with van der Waals surface area (Å²) >= 11 is 0. The average Bonchev–Trinajstić information content (AvgIpc) is 2.96. The summed E-state index contributed by atoms with van der Waals surface area (Å²) < 4.78 is 23.0. The lowest BCUT2D eigenvalue weighted by Gasteiger charge is -2.46. The molecule has 0 aliphatic carbocycles. The van der Waals surface area contributed by atoms with Gasteiger partial charge in [-0.3, -0.25) is 0 Å². The molecule has 0 saturated carbocycles. The van der Waals surface area contributed by atoms with Crippen LogP contribution in [0.4, 0.5) is 0 Å². The number of benzene rings is 4. The summed E-state index contributed by atoms with van der Waals surface area (Å²) in [6.45, 7) is 16.5. The second-order valence-electron chi connectivity index (χ2n) is 13.0. The average molecular weight is 585 g/mol.